The first kappa shape index (κ1) is 13.3. The highest BCUT2D eigenvalue weighted by atomic mass is 32.2. The lowest BCUT2D eigenvalue weighted by Crippen LogP contribution is -2.11. The Hall–Kier alpha value is -2.17. The smallest absolute Gasteiger partial charge is 0.271 e. The van der Waals surface area contributed by atoms with Gasteiger partial charge in [0.1, 0.15) is 21.4 Å². The third-order valence-corrected chi connectivity index (χ3v) is 5.09. The fourth-order valence-electron chi connectivity index (χ4n) is 1.41. The summed E-state index contributed by atoms with van der Waals surface area (Å²) in [6, 6.07) is 10.8. The number of sulfonamides is 1. The maximum atomic E-state index is 12.0. The molecule has 0 fully saturated rings. The number of rotatable bonds is 4. The minimum atomic E-state index is -3.73. The number of hydrogen-bond donors (Lipinski definition) is 1. The quantitative estimate of drug-likeness (QED) is 0.875. The molecule has 0 atom stereocenters. The minimum Gasteiger partial charge on any atom is -0.298 e. The van der Waals surface area contributed by atoms with E-state index in [0.717, 1.165) is 11.3 Å². The number of nitriles is 1. The Kier molecular flexibility index (Phi) is 3.64. The molecule has 0 bridgehead atoms. The van der Waals surface area contributed by atoms with Crippen LogP contribution >= 0.6 is 11.3 Å². The Morgan fingerprint density at radius 2 is 2.05 bits per heavy atom. The van der Waals surface area contributed by atoms with Crippen molar-refractivity contribution in [2.75, 3.05) is 4.72 Å². The molecule has 2 aromatic rings. The van der Waals surface area contributed by atoms with Gasteiger partial charge in [-0.1, -0.05) is 12.1 Å². The van der Waals surface area contributed by atoms with Crippen molar-refractivity contribution in [3.63, 3.8) is 0 Å². The highest BCUT2D eigenvalue weighted by molar-refractivity contribution is 7.94. The number of nitrogens with zero attached hydrogens (tertiary/aromatic N) is 1. The molecule has 1 aromatic carbocycles. The molecule has 5 nitrogen and oxygen atoms in total. The molecule has 2 rings (SSSR count). The molecule has 7 heteroatoms. The third-order valence-electron chi connectivity index (χ3n) is 2.23. The Morgan fingerprint density at radius 3 is 2.68 bits per heavy atom. The Bertz CT molecular complexity index is 757. The molecule has 1 aromatic heterocycles. The number of anilines is 1. The van der Waals surface area contributed by atoms with Gasteiger partial charge in [-0.2, -0.15) is 5.26 Å². The number of benzene rings is 1. The van der Waals surface area contributed by atoms with Crippen LogP contribution in [0, 0.1) is 11.3 Å². The zero-order valence-corrected chi connectivity index (χ0v) is 11.2. The number of hydrogen-bond acceptors (Lipinski definition) is 5. The molecular weight excluding hydrogens is 284 g/mol. The SMILES string of the molecule is N#Cc1ccc(S(=O)(=O)Nc2cccc(C=O)c2)s1. The van der Waals surface area contributed by atoms with E-state index in [1.54, 1.807) is 18.2 Å². The predicted octanol–water partition coefficient (Wildman–Crippen LogP) is 2.23. The first-order valence-corrected chi connectivity index (χ1v) is 7.43. The van der Waals surface area contributed by atoms with Crippen LogP contribution in [0.3, 0.4) is 0 Å². The molecule has 0 saturated heterocycles. The normalized spacial score (nSPS) is 10.7. The van der Waals surface area contributed by atoms with Gasteiger partial charge in [0.2, 0.25) is 0 Å². The van der Waals surface area contributed by atoms with Crippen molar-refractivity contribution >= 4 is 33.3 Å². The van der Waals surface area contributed by atoms with E-state index in [4.69, 9.17) is 5.26 Å². The van der Waals surface area contributed by atoms with E-state index in [9.17, 15) is 13.2 Å². The van der Waals surface area contributed by atoms with Gasteiger partial charge >= 0.3 is 0 Å². The highest BCUT2D eigenvalue weighted by Crippen LogP contribution is 2.23. The van der Waals surface area contributed by atoms with Gasteiger partial charge < -0.3 is 0 Å². The average molecular weight is 292 g/mol. The summed E-state index contributed by atoms with van der Waals surface area (Å²) >= 11 is 0.888. The van der Waals surface area contributed by atoms with Gasteiger partial charge in [-0.25, -0.2) is 8.42 Å². The third kappa shape index (κ3) is 2.99. The molecule has 0 amide bonds. The van der Waals surface area contributed by atoms with Crippen LogP contribution in [0.5, 0.6) is 0 Å². The van der Waals surface area contributed by atoms with Gasteiger partial charge in [-0.15, -0.1) is 11.3 Å². The summed E-state index contributed by atoms with van der Waals surface area (Å²) < 4.78 is 26.5. The second-order valence-electron chi connectivity index (χ2n) is 3.58. The number of carbonyl (C=O) groups excluding carboxylic acids is 1. The minimum absolute atomic E-state index is 0.0561. The lowest BCUT2D eigenvalue weighted by molar-refractivity contribution is 0.112. The molecule has 1 heterocycles. The number of thiophene rings is 1. The van der Waals surface area contributed by atoms with E-state index in [1.165, 1.54) is 18.2 Å². The Labute approximate surface area is 114 Å². The van der Waals surface area contributed by atoms with Crippen LogP contribution in [0.4, 0.5) is 5.69 Å². The second kappa shape index (κ2) is 5.22. The summed E-state index contributed by atoms with van der Waals surface area (Å²) in [4.78, 5) is 10.9. The van der Waals surface area contributed by atoms with Crippen LogP contribution in [0.25, 0.3) is 0 Å². The molecule has 0 aliphatic heterocycles. The molecule has 0 saturated carbocycles. The zero-order chi connectivity index (χ0) is 13.9. The molecule has 1 N–H and O–H groups in total. The topological polar surface area (TPSA) is 87.0 Å². The van der Waals surface area contributed by atoms with Gasteiger partial charge in [-0.05, 0) is 24.3 Å². The van der Waals surface area contributed by atoms with Gasteiger partial charge in [-0.3, -0.25) is 9.52 Å². The van der Waals surface area contributed by atoms with Gasteiger partial charge in [0.15, 0.2) is 0 Å². The zero-order valence-electron chi connectivity index (χ0n) is 9.53. The van der Waals surface area contributed by atoms with Crippen molar-refractivity contribution in [2.24, 2.45) is 0 Å². The number of aldehydes is 1. The highest BCUT2D eigenvalue weighted by Gasteiger charge is 2.17. The van der Waals surface area contributed by atoms with Crippen molar-refractivity contribution in [1.29, 1.82) is 5.26 Å². The fourth-order valence-corrected chi connectivity index (χ4v) is 3.56. The van der Waals surface area contributed by atoms with Crippen molar-refractivity contribution in [2.45, 2.75) is 4.21 Å². The molecular formula is C12H8N2O3S2. The van der Waals surface area contributed by atoms with E-state index < -0.39 is 10.0 Å². The van der Waals surface area contributed by atoms with E-state index in [-0.39, 0.29) is 4.21 Å². The summed E-state index contributed by atoms with van der Waals surface area (Å²) in [6.07, 6.45) is 0.636. The van der Waals surface area contributed by atoms with Crippen LogP contribution in [0.15, 0.2) is 40.6 Å². The molecule has 96 valence electrons. The summed E-state index contributed by atoms with van der Waals surface area (Å²) in [5.41, 5.74) is 0.681. The molecule has 0 radical (unpaired) electrons. The van der Waals surface area contributed by atoms with Gasteiger partial charge in [0.05, 0.1) is 0 Å². The molecule has 0 spiro atoms. The van der Waals surface area contributed by atoms with Gasteiger partial charge in [0.25, 0.3) is 10.0 Å². The Morgan fingerprint density at radius 1 is 1.26 bits per heavy atom. The number of carbonyl (C=O) groups is 1. The van der Waals surface area contributed by atoms with Crippen molar-refractivity contribution in [3.8, 4) is 6.07 Å². The first-order chi connectivity index (χ1) is 9.05. The van der Waals surface area contributed by atoms with E-state index in [0.29, 0.717) is 22.4 Å². The summed E-state index contributed by atoms with van der Waals surface area (Å²) in [6.45, 7) is 0. The van der Waals surface area contributed by atoms with Crippen LogP contribution in [-0.4, -0.2) is 14.7 Å². The molecule has 19 heavy (non-hydrogen) atoms. The average Bonchev–Trinajstić information content (AvgIpc) is 2.88. The van der Waals surface area contributed by atoms with Crippen LogP contribution < -0.4 is 4.72 Å². The largest absolute Gasteiger partial charge is 0.298 e. The monoisotopic (exact) mass is 292 g/mol. The molecule has 0 aliphatic carbocycles. The van der Waals surface area contributed by atoms with Crippen LogP contribution in [0.2, 0.25) is 0 Å². The molecule has 0 aliphatic rings. The summed E-state index contributed by atoms with van der Waals surface area (Å²) in [7, 11) is -3.73. The lowest BCUT2D eigenvalue weighted by atomic mass is 10.2. The van der Waals surface area contributed by atoms with Crippen LogP contribution in [-0.2, 0) is 10.0 Å². The van der Waals surface area contributed by atoms with Crippen molar-refractivity contribution < 1.29 is 13.2 Å². The van der Waals surface area contributed by atoms with Gasteiger partial charge in [0, 0.05) is 11.3 Å². The first-order valence-electron chi connectivity index (χ1n) is 5.13. The number of nitrogens with one attached hydrogen (secondary N) is 1. The lowest BCUT2D eigenvalue weighted by Gasteiger charge is -2.06. The van der Waals surface area contributed by atoms with E-state index in [1.807, 2.05) is 6.07 Å². The second-order valence-corrected chi connectivity index (χ2v) is 6.57. The summed E-state index contributed by atoms with van der Waals surface area (Å²) in [5.74, 6) is 0. The van der Waals surface area contributed by atoms with E-state index in [2.05, 4.69) is 4.72 Å². The van der Waals surface area contributed by atoms with Crippen molar-refractivity contribution in [3.05, 3.63) is 46.8 Å². The molecule has 0 unspecified atom stereocenters. The maximum Gasteiger partial charge on any atom is 0.271 e. The Balaban J connectivity index is 2.31. The van der Waals surface area contributed by atoms with Crippen molar-refractivity contribution in [1.82, 2.24) is 0 Å². The predicted molar refractivity (Wildman–Crippen MR) is 71.7 cm³/mol. The van der Waals surface area contributed by atoms with E-state index >= 15 is 0 Å². The fraction of sp³-hybridized carbons (Fsp3) is 0. The maximum absolute atomic E-state index is 12.0. The summed E-state index contributed by atoms with van der Waals surface area (Å²) in [5, 5.41) is 8.68. The standard InChI is InChI=1S/C12H8N2O3S2/c13-7-11-4-5-12(18-11)19(16,17)14-10-3-1-2-9(6-10)8-15/h1-6,8,14H. The van der Waals surface area contributed by atoms with Crippen LogP contribution in [0.1, 0.15) is 15.2 Å².